The highest BCUT2D eigenvalue weighted by molar-refractivity contribution is 9.11. The fraction of sp³-hybridized carbons (Fsp3) is 0.286. The minimum atomic E-state index is 0.0599. The van der Waals surface area contributed by atoms with Crippen LogP contribution in [-0.4, -0.2) is 10.7 Å². The van der Waals surface area contributed by atoms with Gasteiger partial charge in [-0.05, 0) is 40.0 Å². The van der Waals surface area contributed by atoms with Crippen LogP contribution in [0.1, 0.15) is 10.4 Å². The molecule has 0 radical (unpaired) electrons. The molecule has 1 aromatic heterocycles. The molecule has 0 fully saturated rings. The Labute approximate surface area is 151 Å². The molecular weight excluding hydrogens is 520 g/mol. The van der Waals surface area contributed by atoms with E-state index in [9.17, 15) is 0 Å². The number of benzene rings is 1. The predicted octanol–water partition coefficient (Wildman–Crippen LogP) is 6.54. The summed E-state index contributed by atoms with van der Waals surface area (Å²) in [6, 6.07) is 10.7. The van der Waals surface area contributed by atoms with Crippen LogP contribution in [0.4, 0.5) is 0 Å². The lowest BCUT2D eigenvalue weighted by Crippen LogP contribution is -2.33. The van der Waals surface area contributed by atoms with Gasteiger partial charge in [0, 0.05) is 35.3 Å². The summed E-state index contributed by atoms with van der Waals surface area (Å²) < 4.78 is 2.34. The van der Waals surface area contributed by atoms with Crippen LogP contribution in [-0.2, 0) is 11.8 Å². The van der Waals surface area contributed by atoms with Gasteiger partial charge in [0.2, 0.25) is 0 Å². The minimum Gasteiger partial charge on any atom is -0.148 e. The SMILES string of the molecule is BrCC(CBr)(Cc1cc(Br)cs1)c1ccccc1Br. The molecule has 0 bridgehead atoms. The van der Waals surface area contributed by atoms with Crippen LogP contribution in [0.5, 0.6) is 0 Å². The maximum atomic E-state index is 3.71. The first-order valence-electron chi connectivity index (χ1n) is 5.71. The van der Waals surface area contributed by atoms with Crippen molar-refractivity contribution in [3.8, 4) is 0 Å². The molecule has 1 aromatic carbocycles. The zero-order chi connectivity index (χ0) is 13.9. The molecule has 0 aliphatic rings. The highest BCUT2D eigenvalue weighted by atomic mass is 79.9. The summed E-state index contributed by atoms with van der Waals surface area (Å²) in [6.07, 6.45) is 1.02. The van der Waals surface area contributed by atoms with Gasteiger partial charge in [-0.2, -0.15) is 0 Å². The Morgan fingerprint density at radius 3 is 2.26 bits per heavy atom. The smallest absolute Gasteiger partial charge is 0.0285 e. The first-order valence-corrected chi connectivity index (χ1v) is 10.4. The number of hydrogen-bond acceptors (Lipinski definition) is 1. The van der Waals surface area contributed by atoms with Crippen molar-refractivity contribution in [1.29, 1.82) is 0 Å². The summed E-state index contributed by atoms with van der Waals surface area (Å²) in [4.78, 5) is 1.39. The van der Waals surface area contributed by atoms with Crippen molar-refractivity contribution in [3.05, 3.63) is 55.1 Å². The topological polar surface area (TPSA) is 0 Å². The zero-order valence-corrected chi connectivity index (χ0v) is 17.2. The molecule has 0 amide bonds. The number of halogens is 4. The predicted molar refractivity (Wildman–Crippen MR) is 99.1 cm³/mol. The van der Waals surface area contributed by atoms with Gasteiger partial charge < -0.3 is 0 Å². The van der Waals surface area contributed by atoms with E-state index in [0.29, 0.717) is 0 Å². The highest BCUT2D eigenvalue weighted by Crippen LogP contribution is 2.38. The van der Waals surface area contributed by atoms with E-state index in [0.717, 1.165) is 21.6 Å². The van der Waals surface area contributed by atoms with Gasteiger partial charge in [0.05, 0.1) is 0 Å². The summed E-state index contributed by atoms with van der Waals surface area (Å²) in [5.74, 6) is 0. The Bertz CT molecular complexity index is 546. The summed E-state index contributed by atoms with van der Waals surface area (Å²) in [6.45, 7) is 0. The Hall–Kier alpha value is 0.840. The van der Waals surface area contributed by atoms with Gasteiger partial charge in [-0.15, -0.1) is 11.3 Å². The van der Waals surface area contributed by atoms with Gasteiger partial charge in [0.1, 0.15) is 0 Å². The Kier molecular flexibility index (Phi) is 6.15. The average Bonchev–Trinajstić information content (AvgIpc) is 2.82. The second-order valence-electron chi connectivity index (χ2n) is 4.44. The molecule has 0 unspecified atom stereocenters. The van der Waals surface area contributed by atoms with Gasteiger partial charge in [-0.1, -0.05) is 66.0 Å². The van der Waals surface area contributed by atoms with Crippen molar-refractivity contribution in [1.82, 2.24) is 0 Å². The van der Waals surface area contributed by atoms with Gasteiger partial charge in [0.15, 0.2) is 0 Å². The lowest BCUT2D eigenvalue weighted by atomic mass is 9.81. The average molecular weight is 532 g/mol. The van der Waals surface area contributed by atoms with Crippen molar-refractivity contribution in [2.75, 3.05) is 10.7 Å². The summed E-state index contributed by atoms with van der Waals surface area (Å²) in [5, 5.41) is 3.98. The third-order valence-corrected chi connectivity index (χ3v) is 7.63. The van der Waals surface area contributed by atoms with Gasteiger partial charge in [0.25, 0.3) is 0 Å². The lowest BCUT2D eigenvalue weighted by Gasteiger charge is -2.31. The standard InChI is InChI=1S/C14H12Br4S/c15-8-14(9-16,6-11-5-10(17)7-19-11)12-3-1-2-4-13(12)18/h1-5,7H,6,8-9H2. The van der Waals surface area contributed by atoms with Crippen molar-refractivity contribution >= 4 is 75.1 Å². The number of hydrogen-bond donors (Lipinski definition) is 0. The molecule has 19 heavy (non-hydrogen) atoms. The molecule has 2 aromatic rings. The molecule has 2 rings (SSSR count). The molecule has 5 heteroatoms. The second kappa shape index (κ2) is 7.21. The van der Waals surface area contributed by atoms with Gasteiger partial charge >= 0.3 is 0 Å². The van der Waals surface area contributed by atoms with E-state index in [-0.39, 0.29) is 5.41 Å². The second-order valence-corrected chi connectivity index (χ2v) is 8.32. The van der Waals surface area contributed by atoms with Crippen LogP contribution in [0.15, 0.2) is 44.7 Å². The molecular formula is C14H12Br4S. The van der Waals surface area contributed by atoms with Crippen LogP contribution >= 0.6 is 75.1 Å². The van der Waals surface area contributed by atoms with E-state index in [1.807, 2.05) is 0 Å². The summed E-state index contributed by atoms with van der Waals surface area (Å²) in [7, 11) is 0. The third-order valence-electron chi connectivity index (χ3n) is 3.09. The molecule has 102 valence electrons. The van der Waals surface area contributed by atoms with E-state index in [1.165, 1.54) is 14.9 Å². The third kappa shape index (κ3) is 3.73. The van der Waals surface area contributed by atoms with Crippen molar-refractivity contribution in [2.24, 2.45) is 0 Å². The van der Waals surface area contributed by atoms with Crippen molar-refractivity contribution < 1.29 is 0 Å². The first-order chi connectivity index (χ1) is 9.11. The molecule has 0 saturated carbocycles. The van der Waals surface area contributed by atoms with Gasteiger partial charge in [-0.25, -0.2) is 0 Å². The minimum absolute atomic E-state index is 0.0599. The van der Waals surface area contributed by atoms with Crippen LogP contribution in [0, 0.1) is 0 Å². The normalized spacial score (nSPS) is 11.8. The van der Waals surface area contributed by atoms with Crippen LogP contribution in [0.3, 0.4) is 0 Å². The molecule has 1 heterocycles. The van der Waals surface area contributed by atoms with Gasteiger partial charge in [-0.3, -0.25) is 0 Å². The van der Waals surface area contributed by atoms with Crippen molar-refractivity contribution in [3.63, 3.8) is 0 Å². The molecule has 0 aliphatic heterocycles. The number of alkyl halides is 2. The fourth-order valence-corrected chi connectivity index (χ4v) is 6.27. The lowest BCUT2D eigenvalue weighted by molar-refractivity contribution is 0.553. The first kappa shape index (κ1) is 16.2. The van der Waals surface area contributed by atoms with Crippen LogP contribution in [0.25, 0.3) is 0 Å². The van der Waals surface area contributed by atoms with Crippen LogP contribution < -0.4 is 0 Å². The highest BCUT2D eigenvalue weighted by Gasteiger charge is 2.32. The van der Waals surface area contributed by atoms with E-state index in [4.69, 9.17) is 0 Å². The molecule has 0 saturated heterocycles. The molecule has 0 N–H and O–H groups in total. The van der Waals surface area contributed by atoms with E-state index < -0.39 is 0 Å². The number of thiophene rings is 1. The van der Waals surface area contributed by atoms with E-state index in [1.54, 1.807) is 11.3 Å². The summed E-state index contributed by atoms with van der Waals surface area (Å²) in [5.41, 5.74) is 1.40. The Balaban J connectivity index is 2.40. The largest absolute Gasteiger partial charge is 0.148 e. The maximum Gasteiger partial charge on any atom is 0.0285 e. The molecule has 0 aliphatic carbocycles. The zero-order valence-electron chi connectivity index (χ0n) is 10.0. The molecule has 0 nitrogen and oxygen atoms in total. The summed E-state index contributed by atoms with van der Waals surface area (Å²) >= 11 is 16.4. The fourth-order valence-electron chi connectivity index (χ4n) is 2.04. The molecule has 0 spiro atoms. The maximum absolute atomic E-state index is 3.71. The number of rotatable bonds is 5. The quantitative estimate of drug-likeness (QED) is 0.384. The Morgan fingerprint density at radius 1 is 1.05 bits per heavy atom. The molecule has 0 atom stereocenters. The van der Waals surface area contributed by atoms with E-state index >= 15 is 0 Å². The monoisotopic (exact) mass is 528 g/mol. The van der Waals surface area contributed by atoms with Crippen molar-refractivity contribution in [2.45, 2.75) is 11.8 Å². The van der Waals surface area contributed by atoms with E-state index in [2.05, 4.69) is 99.4 Å². The Morgan fingerprint density at radius 2 is 1.74 bits per heavy atom. The van der Waals surface area contributed by atoms with Crippen LogP contribution in [0.2, 0.25) is 0 Å².